The van der Waals surface area contributed by atoms with Crippen LogP contribution in [-0.2, 0) is 0 Å². The molecular formula is C36H21BN2S. The molecule has 2 nitrogen and oxygen atoms in total. The van der Waals surface area contributed by atoms with Crippen LogP contribution in [0.3, 0.4) is 0 Å². The van der Waals surface area contributed by atoms with Crippen LogP contribution in [0.1, 0.15) is 0 Å². The summed E-state index contributed by atoms with van der Waals surface area (Å²) in [4.78, 5) is 3.95. The minimum atomic E-state index is 0.111. The zero-order valence-electron chi connectivity index (χ0n) is 21.5. The van der Waals surface area contributed by atoms with E-state index >= 15 is 0 Å². The number of para-hydroxylation sites is 2. The molecule has 2 aliphatic heterocycles. The van der Waals surface area contributed by atoms with Gasteiger partial charge >= 0.3 is 6.85 Å². The third kappa shape index (κ3) is 2.46. The first-order valence-electron chi connectivity index (χ1n) is 13.8. The van der Waals surface area contributed by atoms with Gasteiger partial charge < -0.3 is 9.38 Å². The molecule has 10 rings (SSSR count). The minimum absolute atomic E-state index is 0.111. The second-order valence-electron chi connectivity index (χ2n) is 10.9. The summed E-state index contributed by atoms with van der Waals surface area (Å²) in [5.41, 5.74) is 10.6. The monoisotopic (exact) mass is 524 g/mol. The van der Waals surface area contributed by atoms with Crippen molar-refractivity contribution in [2.24, 2.45) is 0 Å². The van der Waals surface area contributed by atoms with Crippen molar-refractivity contribution in [3.05, 3.63) is 127 Å². The molecule has 184 valence electrons. The van der Waals surface area contributed by atoms with E-state index in [0.29, 0.717) is 0 Å². The highest BCUT2D eigenvalue weighted by molar-refractivity contribution is 7.17. The Hall–Kier alpha value is -4.80. The van der Waals surface area contributed by atoms with Crippen LogP contribution in [0, 0.1) is 0 Å². The van der Waals surface area contributed by atoms with Crippen LogP contribution in [-0.4, -0.2) is 11.3 Å². The fourth-order valence-electron chi connectivity index (χ4n) is 7.45. The molecule has 4 heterocycles. The molecule has 0 saturated carbocycles. The Bertz CT molecular complexity index is 2360. The molecule has 0 unspecified atom stereocenters. The molecule has 0 atom stereocenters. The topological polar surface area (TPSA) is 8.17 Å². The van der Waals surface area contributed by atoms with Crippen LogP contribution in [0.4, 0.5) is 17.1 Å². The quantitative estimate of drug-likeness (QED) is 0.195. The summed E-state index contributed by atoms with van der Waals surface area (Å²) in [5, 5.41) is 10.2. The molecule has 2 aromatic heterocycles. The zero-order valence-corrected chi connectivity index (χ0v) is 22.3. The van der Waals surface area contributed by atoms with Gasteiger partial charge in [0.2, 0.25) is 0 Å². The largest absolute Gasteiger partial charge is 0.375 e. The third-order valence-electron chi connectivity index (χ3n) is 9.01. The summed E-state index contributed by atoms with van der Waals surface area (Å²) in [7, 11) is 0. The first-order valence-corrected chi connectivity index (χ1v) is 14.7. The van der Waals surface area contributed by atoms with Crippen molar-refractivity contribution in [1.82, 2.24) is 4.48 Å². The first-order chi connectivity index (χ1) is 19.9. The van der Waals surface area contributed by atoms with E-state index in [-0.39, 0.29) is 6.85 Å². The highest BCUT2D eigenvalue weighted by Gasteiger charge is 2.44. The second-order valence-corrected chi connectivity index (χ2v) is 11.8. The minimum Gasteiger partial charge on any atom is -0.375 e. The lowest BCUT2D eigenvalue weighted by atomic mass is 9.46. The van der Waals surface area contributed by atoms with E-state index in [1.807, 2.05) is 11.3 Å². The van der Waals surface area contributed by atoms with Gasteiger partial charge in [-0.15, -0.1) is 11.3 Å². The van der Waals surface area contributed by atoms with Crippen LogP contribution in [0.25, 0.3) is 53.8 Å². The standard InChI is InChI=1S/C36H21BN2S/c1-3-12-24-22(9-1)11-7-18-30(24)38-32-21-40-36-28-16-8-15-27-26-14-5-6-17-31(26)39(34(27)28)37(33(32)36)29-20-19-23-10-2-4-13-25(23)35(29)38/h1-21H. The van der Waals surface area contributed by atoms with Gasteiger partial charge in [0.15, 0.2) is 0 Å². The molecule has 2 aliphatic rings. The summed E-state index contributed by atoms with van der Waals surface area (Å²) >= 11 is 1.89. The van der Waals surface area contributed by atoms with Gasteiger partial charge in [-0.2, -0.15) is 0 Å². The number of aromatic nitrogens is 1. The van der Waals surface area contributed by atoms with E-state index in [0.717, 1.165) is 0 Å². The predicted octanol–water partition coefficient (Wildman–Crippen LogP) is 8.58. The SMILES string of the molecule is c1ccc2c(N3c4csc5c4B(c4ccc6ccccc6c43)n3c4ccccc4c4cccc-5c43)cccc2c1. The van der Waals surface area contributed by atoms with Crippen molar-refractivity contribution in [1.29, 1.82) is 0 Å². The van der Waals surface area contributed by atoms with Crippen LogP contribution < -0.4 is 15.8 Å². The average Bonchev–Trinajstić information content (AvgIpc) is 3.60. The number of fused-ring (bicyclic) bond motifs is 10. The zero-order chi connectivity index (χ0) is 25.9. The van der Waals surface area contributed by atoms with Gasteiger partial charge in [-0.3, -0.25) is 0 Å². The lowest BCUT2D eigenvalue weighted by molar-refractivity contribution is 1.29. The Morgan fingerprint density at radius 2 is 1.25 bits per heavy atom. The average molecular weight is 524 g/mol. The molecule has 6 aromatic carbocycles. The van der Waals surface area contributed by atoms with E-state index in [9.17, 15) is 0 Å². The number of rotatable bonds is 1. The fraction of sp³-hybridized carbons (Fsp3) is 0. The molecule has 8 aromatic rings. The number of anilines is 3. The number of hydrogen-bond acceptors (Lipinski definition) is 2. The Kier molecular flexibility index (Phi) is 3.92. The summed E-state index contributed by atoms with van der Waals surface area (Å²) in [6.45, 7) is 0.111. The van der Waals surface area contributed by atoms with Gasteiger partial charge in [0, 0.05) is 48.4 Å². The van der Waals surface area contributed by atoms with Crippen molar-refractivity contribution in [3.63, 3.8) is 0 Å². The maximum atomic E-state index is 2.63. The smallest absolute Gasteiger partial charge is 0.333 e. The van der Waals surface area contributed by atoms with Crippen LogP contribution in [0.2, 0.25) is 0 Å². The van der Waals surface area contributed by atoms with Gasteiger partial charge in [0.05, 0.1) is 17.1 Å². The van der Waals surface area contributed by atoms with Crippen molar-refractivity contribution >= 4 is 89.5 Å². The van der Waals surface area contributed by atoms with E-state index in [1.54, 1.807) is 0 Å². The molecule has 0 amide bonds. The normalized spacial score (nSPS) is 13.4. The Morgan fingerprint density at radius 1 is 0.550 bits per heavy atom. The molecule has 0 spiro atoms. The molecule has 0 N–H and O–H groups in total. The molecular weight excluding hydrogens is 503 g/mol. The summed E-state index contributed by atoms with van der Waals surface area (Å²) in [5.74, 6) is 0. The molecule has 40 heavy (non-hydrogen) atoms. The third-order valence-corrected chi connectivity index (χ3v) is 10.0. The molecule has 0 radical (unpaired) electrons. The number of thiophene rings is 1. The van der Waals surface area contributed by atoms with Gasteiger partial charge in [0.1, 0.15) is 0 Å². The van der Waals surface area contributed by atoms with E-state index < -0.39 is 0 Å². The van der Waals surface area contributed by atoms with Gasteiger partial charge in [-0.1, -0.05) is 109 Å². The fourth-order valence-corrected chi connectivity index (χ4v) is 8.54. The van der Waals surface area contributed by atoms with Crippen molar-refractivity contribution in [3.8, 4) is 10.4 Å². The highest BCUT2D eigenvalue weighted by Crippen LogP contribution is 2.49. The van der Waals surface area contributed by atoms with Gasteiger partial charge in [-0.05, 0) is 33.8 Å². The Morgan fingerprint density at radius 3 is 2.15 bits per heavy atom. The van der Waals surface area contributed by atoms with Crippen LogP contribution in [0.15, 0.2) is 127 Å². The first kappa shape index (κ1) is 21.1. The summed E-state index contributed by atoms with van der Waals surface area (Å²) in [6, 6.07) is 44.8. The van der Waals surface area contributed by atoms with Crippen molar-refractivity contribution in [2.75, 3.05) is 4.90 Å². The van der Waals surface area contributed by atoms with Gasteiger partial charge in [-0.25, -0.2) is 0 Å². The lowest BCUT2D eigenvalue weighted by Gasteiger charge is -2.39. The molecule has 0 fully saturated rings. The highest BCUT2D eigenvalue weighted by atomic mass is 32.1. The van der Waals surface area contributed by atoms with E-state index in [4.69, 9.17) is 0 Å². The maximum absolute atomic E-state index is 2.63. The second kappa shape index (κ2) is 7.44. The summed E-state index contributed by atoms with van der Waals surface area (Å²) < 4.78 is 2.63. The number of benzene rings is 6. The molecule has 0 aliphatic carbocycles. The molecule has 0 saturated heterocycles. The Labute approximate surface area is 235 Å². The van der Waals surface area contributed by atoms with Gasteiger partial charge in [0.25, 0.3) is 0 Å². The van der Waals surface area contributed by atoms with E-state index in [1.165, 1.54) is 81.8 Å². The number of nitrogens with zero attached hydrogens (tertiary/aromatic N) is 2. The lowest BCUT2D eigenvalue weighted by Crippen LogP contribution is -2.55. The maximum Gasteiger partial charge on any atom is 0.333 e. The molecule has 0 bridgehead atoms. The molecule has 4 heteroatoms. The van der Waals surface area contributed by atoms with Crippen LogP contribution >= 0.6 is 11.3 Å². The van der Waals surface area contributed by atoms with Crippen molar-refractivity contribution < 1.29 is 0 Å². The van der Waals surface area contributed by atoms with Crippen LogP contribution in [0.5, 0.6) is 0 Å². The summed E-state index contributed by atoms with van der Waals surface area (Å²) in [6.07, 6.45) is 0. The number of hydrogen-bond donors (Lipinski definition) is 0. The van der Waals surface area contributed by atoms with Crippen molar-refractivity contribution in [2.45, 2.75) is 0 Å². The van der Waals surface area contributed by atoms with E-state index in [2.05, 4.69) is 136 Å². The Balaban J connectivity index is 1.41. The predicted molar refractivity (Wildman–Crippen MR) is 173 cm³/mol.